The van der Waals surface area contributed by atoms with Crippen LogP contribution in [0.25, 0.3) is 0 Å². The number of methoxy groups -OCH3 is 2. The van der Waals surface area contributed by atoms with Gasteiger partial charge in [-0.1, -0.05) is 24.3 Å². The number of hydrogen-bond donors (Lipinski definition) is 1. The summed E-state index contributed by atoms with van der Waals surface area (Å²) in [5.41, 5.74) is 1.44. The standard InChI is InChI=1S/C22H25FN2O4/c1-28-19-8-7-15(11-20(19)29-2)9-10-25-14-17(12-21(25)26)22(27)24-13-16-5-3-4-6-18(16)23/h3-8,11,17H,9-10,12-14H2,1-2H3,(H,24,27)/t17-/m0/s1. The number of nitrogens with one attached hydrogen (secondary N) is 1. The second-order valence-electron chi connectivity index (χ2n) is 6.99. The number of ether oxygens (including phenoxy) is 2. The zero-order valence-electron chi connectivity index (χ0n) is 16.6. The monoisotopic (exact) mass is 400 g/mol. The van der Waals surface area contributed by atoms with E-state index in [2.05, 4.69) is 5.32 Å². The summed E-state index contributed by atoms with van der Waals surface area (Å²) in [4.78, 5) is 26.4. The van der Waals surface area contributed by atoms with Crippen LogP contribution in [0, 0.1) is 11.7 Å². The Morgan fingerprint density at radius 3 is 2.66 bits per heavy atom. The van der Waals surface area contributed by atoms with E-state index in [1.165, 1.54) is 6.07 Å². The van der Waals surface area contributed by atoms with Crippen LogP contribution >= 0.6 is 0 Å². The van der Waals surface area contributed by atoms with E-state index in [1.807, 2.05) is 18.2 Å². The van der Waals surface area contributed by atoms with Gasteiger partial charge in [-0.3, -0.25) is 9.59 Å². The van der Waals surface area contributed by atoms with Crippen LogP contribution < -0.4 is 14.8 Å². The van der Waals surface area contributed by atoms with Crippen molar-refractivity contribution in [2.75, 3.05) is 27.3 Å². The molecular formula is C22H25FN2O4. The molecule has 2 aromatic carbocycles. The minimum atomic E-state index is -0.417. The van der Waals surface area contributed by atoms with Crippen LogP contribution in [0.3, 0.4) is 0 Å². The molecule has 3 rings (SSSR count). The van der Waals surface area contributed by atoms with Gasteiger partial charge in [0.05, 0.1) is 20.1 Å². The first kappa shape index (κ1) is 20.6. The van der Waals surface area contributed by atoms with Gasteiger partial charge in [0.25, 0.3) is 0 Å². The highest BCUT2D eigenvalue weighted by Crippen LogP contribution is 2.28. The van der Waals surface area contributed by atoms with Crippen molar-refractivity contribution >= 4 is 11.8 Å². The molecule has 0 unspecified atom stereocenters. The van der Waals surface area contributed by atoms with E-state index < -0.39 is 5.92 Å². The van der Waals surface area contributed by atoms with E-state index >= 15 is 0 Å². The Morgan fingerprint density at radius 2 is 1.93 bits per heavy atom. The molecule has 0 bridgehead atoms. The zero-order chi connectivity index (χ0) is 20.8. The lowest BCUT2D eigenvalue weighted by molar-refractivity contribution is -0.129. The van der Waals surface area contributed by atoms with Crippen LogP contribution in [0.15, 0.2) is 42.5 Å². The van der Waals surface area contributed by atoms with Crippen LogP contribution in [0.1, 0.15) is 17.5 Å². The molecule has 0 saturated carbocycles. The third kappa shape index (κ3) is 5.04. The number of likely N-dealkylation sites (tertiary alicyclic amines) is 1. The summed E-state index contributed by atoms with van der Waals surface area (Å²) in [6.45, 7) is 1.00. The number of hydrogen-bond acceptors (Lipinski definition) is 4. The molecule has 1 atom stereocenters. The minimum absolute atomic E-state index is 0.0449. The van der Waals surface area contributed by atoms with Gasteiger partial charge in [0.1, 0.15) is 5.82 Å². The average Bonchev–Trinajstić information content (AvgIpc) is 3.11. The predicted molar refractivity (Wildman–Crippen MR) is 106 cm³/mol. The van der Waals surface area contributed by atoms with E-state index in [0.717, 1.165) is 5.56 Å². The molecule has 1 heterocycles. The maximum absolute atomic E-state index is 13.7. The molecule has 1 N–H and O–H groups in total. The molecule has 0 radical (unpaired) electrons. The van der Waals surface area contributed by atoms with Crippen LogP contribution in [-0.4, -0.2) is 44.0 Å². The minimum Gasteiger partial charge on any atom is -0.493 e. The second kappa shape index (κ2) is 9.41. The smallest absolute Gasteiger partial charge is 0.225 e. The maximum Gasteiger partial charge on any atom is 0.225 e. The quantitative estimate of drug-likeness (QED) is 0.740. The molecule has 2 aromatic rings. The second-order valence-corrected chi connectivity index (χ2v) is 6.99. The van der Waals surface area contributed by atoms with E-state index in [0.29, 0.717) is 36.6 Å². The van der Waals surface area contributed by atoms with Crippen molar-refractivity contribution in [2.24, 2.45) is 5.92 Å². The molecule has 7 heteroatoms. The summed E-state index contributed by atoms with van der Waals surface area (Å²) in [6, 6.07) is 12.0. The maximum atomic E-state index is 13.7. The first-order chi connectivity index (χ1) is 14.0. The molecule has 1 saturated heterocycles. The van der Waals surface area contributed by atoms with Gasteiger partial charge in [-0.15, -0.1) is 0 Å². The highest BCUT2D eigenvalue weighted by Gasteiger charge is 2.33. The molecule has 1 fully saturated rings. The third-order valence-electron chi connectivity index (χ3n) is 5.11. The molecule has 29 heavy (non-hydrogen) atoms. The molecular weight excluding hydrogens is 375 g/mol. The van der Waals surface area contributed by atoms with Gasteiger partial charge in [0.15, 0.2) is 11.5 Å². The number of nitrogens with zero attached hydrogens (tertiary/aromatic N) is 1. The summed E-state index contributed by atoms with van der Waals surface area (Å²) >= 11 is 0. The number of benzene rings is 2. The first-order valence-electron chi connectivity index (χ1n) is 9.51. The zero-order valence-corrected chi connectivity index (χ0v) is 16.6. The Bertz CT molecular complexity index is 887. The molecule has 0 aliphatic carbocycles. The SMILES string of the molecule is COc1ccc(CCN2C[C@@H](C(=O)NCc3ccccc3F)CC2=O)cc1OC. The number of halogens is 1. The fraction of sp³-hybridized carbons (Fsp3) is 0.364. The van der Waals surface area contributed by atoms with Crippen LogP contribution in [-0.2, 0) is 22.6 Å². The molecule has 154 valence electrons. The van der Waals surface area contributed by atoms with Crippen molar-refractivity contribution in [1.29, 1.82) is 0 Å². The van der Waals surface area contributed by atoms with E-state index in [9.17, 15) is 14.0 Å². The number of amides is 2. The number of rotatable bonds is 8. The van der Waals surface area contributed by atoms with Crippen molar-refractivity contribution in [3.8, 4) is 11.5 Å². The van der Waals surface area contributed by atoms with Crippen LogP contribution in [0.5, 0.6) is 11.5 Å². The van der Waals surface area contributed by atoms with Crippen molar-refractivity contribution < 1.29 is 23.5 Å². The summed E-state index contributed by atoms with van der Waals surface area (Å²) in [7, 11) is 3.16. The summed E-state index contributed by atoms with van der Waals surface area (Å²) in [5.74, 6) is 0.251. The lowest BCUT2D eigenvalue weighted by Gasteiger charge is -2.17. The van der Waals surface area contributed by atoms with Gasteiger partial charge in [-0.05, 0) is 30.2 Å². The summed E-state index contributed by atoms with van der Waals surface area (Å²) in [5, 5.41) is 2.74. The Labute approximate surface area is 169 Å². The topological polar surface area (TPSA) is 67.9 Å². The van der Waals surface area contributed by atoms with Crippen molar-refractivity contribution in [3.63, 3.8) is 0 Å². The lowest BCUT2D eigenvalue weighted by atomic mass is 10.1. The third-order valence-corrected chi connectivity index (χ3v) is 5.11. The predicted octanol–water partition coefficient (Wildman–Crippen LogP) is 2.55. The van der Waals surface area contributed by atoms with Crippen molar-refractivity contribution in [2.45, 2.75) is 19.4 Å². The molecule has 6 nitrogen and oxygen atoms in total. The molecule has 1 aliphatic heterocycles. The van der Waals surface area contributed by atoms with Crippen LogP contribution in [0.4, 0.5) is 4.39 Å². The van der Waals surface area contributed by atoms with E-state index in [1.54, 1.807) is 37.3 Å². The summed E-state index contributed by atoms with van der Waals surface area (Å²) in [6.07, 6.45) is 0.824. The highest BCUT2D eigenvalue weighted by atomic mass is 19.1. The largest absolute Gasteiger partial charge is 0.493 e. The van der Waals surface area contributed by atoms with Gasteiger partial charge in [-0.2, -0.15) is 0 Å². The molecule has 2 amide bonds. The van der Waals surface area contributed by atoms with E-state index in [4.69, 9.17) is 9.47 Å². The fourth-order valence-corrected chi connectivity index (χ4v) is 3.43. The van der Waals surface area contributed by atoms with Gasteiger partial charge in [0, 0.05) is 31.6 Å². The number of carbonyl (C=O) groups is 2. The molecule has 0 spiro atoms. The average molecular weight is 400 g/mol. The Balaban J connectivity index is 1.52. The van der Waals surface area contributed by atoms with Gasteiger partial charge >= 0.3 is 0 Å². The normalized spacial score (nSPS) is 16.0. The van der Waals surface area contributed by atoms with Gasteiger partial charge in [-0.25, -0.2) is 4.39 Å². The lowest BCUT2D eigenvalue weighted by Crippen LogP contribution is -2.33. The van der Waals surface area contributed by atoms with Crippen molar-refractivity contribution in [3.05, 3.63) is 59.4 Å². The Kier molecular flexibility index (Phi) is 6.69. The molecule has 1 aliphatic rings. The molecule has 0 aromatic heterocycles. The summed E-state index contributed by atoms with van der Waals surface area (Å²) < 4.78 is 24.2. The van der Waals surface area contributed by atoms with Gasteiger partial charge < -0.3 is 19.7 Å². The first-order valence-corrected chi connectivity index (χ1v) is 9.51. The Morgan fingerprint density at radius 1 is 1.17 bits per heavy atom. The number of carbonyl (C=O) groups excluding carboxylic acids is 2. The van der Waals surface area contributed by atoms with E-state index in [-0.39, 0.29) is 30.6 Å². The Hall–Kier alpha value is -3.09. The van der Waals surface area contributed by atoms with Crippen LogP contribution in [0.2, 0.25) is 0 Å². The highest BCUT2D eigenvalue weighted by molar-refractivity contribution is 5.89. The fourth-order valence-electron chi connectivity index (χ4n) is 3.43. The van der Waals surface area contributed by atoms with Crippen molar-refractivity contribution in [1.82, 2.24) is 10.2 Å². The van der Waals surface area contributed by atoms with Gasteiger partial charge in [0.2, 0.25) is 11.8 Å².